The van der Waals surface area contributed by atoms with Gasteiger partial charge in [0.25, 0.3) is 0 Å². The van der Waals surface area contributed by atoms with Crippen LogP contribution in [0.1, 0.15) is 51.2 Å². The molecule has 2 unspecified atom stereocenters. The molecule has 19 heavy (non-hydrogen) atoms. The summed E-state index contributed by atoms with van der Waals surface area (Å²) in [5, 5.41) is 13.0. The lowest BCUT2D eigenvalue weighted by Gasteiger charge is -2.13. The van der Waals surface area contributed by atoms with Crippen LogP contribution in [0.3, 0.4) is 0 Å². The smallest absolute Gasteiger partial charge is 0.240 e. The van der Waals surface area contributed by atoms with Gasteiger partial charge in [-0.15, -0.1) is 0 Å². The van der Waals surface area contributed by atoms with E-state index in [0.717, 1.165) is 31.2 Å². The van der Waals surface area contributed by atoms with Crippen LogP contribution in [-0.2, 0) is 11.3 Å². The van der Waals surface area contributed by atoms with Crippen LogP contribution in [0.4, 0.5) is 0 Å². The highest BCUT2D eigenvalue weighted by atomic mass is 16.3. The quantitative estimate of drug-likeness (QED) is 0.793. The van der Waals surface area contributed by atoms with Crippen molar-refractivity contribution in [3.05, 3.63) is 24.0 Å². The molecular formula is C15H24N2O2. The van der Waals surface area contributed by atoms with Crippen LogP contribution in [0.5, 0.6) is 0 Å². The van der Waals surface area contributed by atoms with E-state index in [1.165, 1.54) is 0 Å². The summed E-state index contributed by atoms with van der Waals surface area (Å²) in [7, 11) is 0. The zero-order valence-electron chi connectivity index (χ0n) is 11.8. The third-order valence-corrected chi connectivity index (χ3v) is 3.64. The number of carbonyl (C=O) groups excluding carboxylic acids is 1. The lowest BCUT2D eigenvalue weighted by atomic mass is 10.1. The maximum atomic E-state index is 11.8. The molecule has 0 saturated heterocycles. The summed E-state index contributed by atoms with van der Waals surface area (Å²) in [6.45, 7) is 4.46. The predicted octanol–water partition coefficient (Wildman–Crippen LogP) is 2.24. The van der Waals surface area contributed by atoms with Gasteiger partial charge in [-0.05, 0) is 43.7 Å². The summed E-state index contributed by atoms with van der Waals surface area (Å²) >= 11 is 0. The second-order valence-corrected chi connectivity index (χ2v) is 5.66. The molecule has 0 aliphatic heterocycles. The van der Waals surface area contributed by atoms with Crippen molar-refractivity contribution >= 4 is 5.91 Å². The number of rotatable bonds is 7. The summed E-state index contributed by atoms with van der Waals surface area (Å²) in [4.78, 5) is 11.8. The van der Waals surface area contributed by atoms with Crippen LogP contribution in [0.25, 0.3) is 0 Å². The van der Waals surface area contributed by atoms with E-state index >= 15 is 0 Å². The molecule has 106 valence electrons. The predicted molar refractivity (Wildman–Crippen MR) is 74.6 cm³/mol. The number of hydrogen-bond donors (Lipinski definition) is 2. The number of hydrogen-bond acceptors (Lipinski definition) is 2. The fourth-order valence-electron chi connectivity index (χ4n) is 2.41. The van der Waals surface area contributed by atoms with Gasteiger partial charge in [0.15, 0.2) is 0 Å². The van der Waals surface area contributed by atoms with Crippen LogP contribution in [-0.4, -0.2) is 21.6 Å². The molecular weight excluding hydrogens is 240 g/mol. The fraction of sp³-hybridized carbons (Fsp3) is 0.667. The van der Waals surface area contributed by atoms with E-state index in [2.05, 4.69) is 12.2 Å². The van der Waals surface area contributed by atoms with Gasteiger partial charge in [-0.3, -0.25) is 4.79 Å². The lowest BCUT2D eigenvalue weighted by molar-refractivity contribution is -0.122. The highest BCUT2D eigenvalue weighted by Gasteiger charge is 2.31. The topological polar surface area (TPSA) is 54.3 Å². The second-order valence-electron chi connectivity index (χ2n) is 5.66. The normalized spacial score (nSPS) is 18.1. The Morgan fingerprint density at radius 1 is 1.58 bits per heavy atom. The minimum Gasteiger partial charge on any atom is -0.388 e. The Bertz CT molecular complexity index is 424. The van der Waals surface area contributed by atoms with E-state index in [4.69, 9.17) is 0 Å². The molecule has 1 aromatic rings. The van der Waals surface area contributed by atoms with Gasteiger partial charge in [-0.1, -0.05) is 13.3 Å². The van der Waals surface area contributed by atoms with Crippen molar-refractivity contribution in [2.75, 3.05) is 0 Å². The van der Waals surface area contributed by atoms with Gasteiger partial charge in [0.2, 0.25) is 5.91 Å². The van der Waals surface area contributed by atoms with E-state index in [1.54, 1.807) is 0 Å². The van der Waals surface area contributed by atoms with Crippen LogP contribution < -0.4 is 5.32 Å². The lowest BCUT2D eigenvalue weighted by Crippen LogP contribution is -2.34. The summed E-state index contributed by atoms with van der Waals surface area (Å²) in [5.74, 6) is 0.457. The van der Waals surface area contributed by atoms with Gasteiger partial charge in [0.1, 0.15) is 6.54 Å². The van der Waals surface area contributed by atoms with Crippen molar-refractivity contribution in [2.24, 2.45) is 5.92 Å². The molecule has 1 amide bonds. The SMILES string of the molecule is CCCC(C)NC(=O)Cn1ccc(C(O)C2CC2)c1. The molecule has 1 fully saturated rings. The van der Waals surface area contributed by atoms with Crippen molar-refractivity contribution in [2.45, 2.75) is 58.2 Å². The number of carbonyl (C=O) groups is 1. The molecule has 1 aromatic heterocycles. The molecule has 2 atom stereocenters. The van der Waals surface area contributed by atoms with Gasteiger partial charge in [0, 0.05) is 18.4 Å². The van der Waals surface area contributed by atoms with Crippen molar-refractivity contribution in [3.8, 4) is 0 Å². The largest absolute Gasteiger partial charge is 0.388 e. The monoisotopic (exact) mass is 264 g/mol. The Morgan fingerprint density at radius 2 is 2.32 bits per heavy atom. The standard InChI is InChI=1S/C15H24N2O2/c1-3-4-11(2)16-14(18)10-17-8-7-13(9-17)15(19)12-5-6-12/h7-9,11-12,15,19H,3-6,10H2,1-2H3,(H,16,18). The Balaban J connectivity index is 1.83. The second kappa shape index (κ2) is 6.24. The molecule has 1 saturated carbocycles. The van der Waals surface area contributed by atoms with E-state index in [9.17, 15) is 9.90 Å². The first-order valence-electron chi connectivity index (χ1n) is 7.23. The molecule has 2 rings (SSSR count). The molecule has 0 spiro atoms. The molecule has 1 heterocycles. The summed E-state index contributed by atoms with van der Waals surface area (Å²) in [6.07, 6.45) is 7.69. The molecule has 1 aliphatic carbocycles. The van der Waals surface area contributed by atoms with Crippen molar-refractivity contribution < 1.29 is 9.90 Å². The first kappa shape index (κ1) is 14.1. The first-order valence-corrected chi connectivity index (χ1v) is 7.23. The first-order chi connectivity index (χ1) is 9.10. The maximum absolute atomic E-state index is 11.8. The molecule has 0 aromatic carbocycles. The third kappa shape index (κ3) is 4.10. The number of amides is 1. The molecule has 2 N–H and O–H groups in total. The van der Waals surface area contributed by atoms with Crippen molar-refractivity contribution in [1.82, 2.24) is 9.88 Å². The average molecular weight is 264 g/mol. The summed E-state index contributed by atoms with van der Waals surface area (Å²) < 4.78 is 1.84. The Morgan fingerprint density at radius 3 is 2.95 bits per heavy atom. The highest BCUT2D eigenvalue weighted by Crippen LogP contribution is 2.40. The molecule has 4 nitrogen and oxygen atoms in total. The van der Waals surface area contributed by atoms with E-state index in [-0.39, 0.29) is 18.1 Å². The Hall–Kier alpha value is -1.29. The number of aromatic nitrogens is 1. The van der Waals surface area contributed by atoms with Crippen LogP contribution in [0.2, 0.25) is 0 Å². The molecule has 0 radical (unpaired) electrons. The van der Waals surface area contributed by atoms with Gasteiger partial charge in [0.05, 0.1) is 6.10 Å². The minimum atomic E-state index is -0.358. The van der Waals surface area contributed by atoms with Crippen LogP contribution in [0, 0.1) is 5.92 Å². The minimum absolute atomic E-state index is 0.0315. The number of aliphatic hydroxyl groups excluding tert-OH is 1. The zero-order chi connectivity index (χ0) is 13.8. The van der Waals surface area contributed by atoms with E-state index < -0.39 is 0 Å². The average Bonchev–Trinajstić information content (AvgIpc) is 3.09. The number of nitrogens with one attached hydrogen (secondary N) is 1. The van der Waals surface area contributed by atoms with E-state index in [0.29, 0.717) is 12.5 Å². The molecule has 4 heteroatoms. The summed E-state index contributed by atoms with van der Waals surface area (Å²) in [6, 6.07) is 2.13. The van der Waals surface area contributed by atoms with Crippen molar-refractivity contribution in [3.63, 3.8) is 0 Å². The highest BCUT2D eigenvalue weighted by molar-refractivity contribution is 5.76. The van der Waals surface area contributed by atoms with Gasteiger partial charge >= 0.3 is 0 Å². The van der Waals surface area contributed by atoms with Crippen LogP contribution in [0.15, 0.2) is 18.5 Å². The number of nitrogens with zero attached hydrogens (tertiary/aromatic N) is 1. The maximum Gasteiger partial charge on any atom is 0.240 e. The Labute approximate surface area is 114 Å². The molecule has 0 bridgehead atoms. The van der Waals surface area contributed by atoms with Gasteiger partial charge in [-0.25, -0.2) is 0 Å². The van der Waals surface area contributed by atoms with E-state index in [1.807, 2.05) is 30.0 Å². The number of aliphatic hydroxyl groups is 1. The van der Waals surface area contributed by atoms with Gasteiger partial charge in [-0.2, -0.15) is 0 Å². The molecule has 1 aliphatic rings. The Kier molecular flexibility index (Phi) is 4.64. The van der Waals surface area contributed by atoms with Crippen LogP contribution >= 0.6 is 0 Å². The summed E-state index contributed by atoms with van der Waals surface area (Å²) in [5.41, 5.74) is 0.928. The van der Waals surface area contributed by atoms with Gasteiger partial charge < -0.3 is 15.0 Å². The third-order valence-electron chi connectivity index (χ3n) is 3.64. The fourth-order valence-corrected chi connectivity index (χ4v) is 2.41. The van der Waals surface area contributed by atoms with Crippen molar-refractivity contribution in [1.29, 1.82) is 0 Å². The zero-order valence-corrected chi connectivity index (χ0v) is 11.8.